The molecule has 110 valence electrons. The van der Waals surface area contributed by atoms with Gasteiger partial charge < -0.3 is 15.7 Å². The van der Waals surface area contributed by atoms with Crippen molar-refractivity contribution in [3.63, 3.8) is 0 Å². The largest absolute Gasteiger partial charge is 0.478 e. The Bertz CT molecular complexity index is 545. The van der Waals surface area contributed by atoms with Crippen LogP contribution in [0.15, 0.2) is 18.2 Å². The van der Waals surface area contributed by atoms with E-state index in [9.17, 15) is 13.8 Å². The molecule has 0 aromatic heterocycles. The molecule has 1 aromatic rings. The fourth-order valence-electron chi connectivity index (χ4n) is 1.78. The van der Waals surface area contributed by atoms with Crippen LogP contribution in [-0.2, 0) is 10.8 Å². The van der Waals surface area contributed by atoms with Gasteiger partial charge in [0.25, 0.3) is 0 Å². The molecule has 20 heavy (non-hydrogen) atoms. The Kier molecular flexibility index (Phi) is 5.69. The SMILES string of the molecule is Cc1cccc(C(=O)O)c1NC(=O)NC(C)CS(C)=O. The monoisotopic (exact) mass is 298 g/mol. The third-order valence-corrected chi connectivity index (χ3v) is 3.57. The molecule has 0 bridgehead atoms. The highest BCUT2D eigenvalue weighted by Gasteiger charge is 2.15. The van der Waals surface area contributed by atoms with Crippen molar-refractivity contribution in [2.45, 2.75) is 19.9 Å². The minimum atomic E-state index is -1.10. The molecule has 6 nitrogen and oxygen atoms in total. The Labute approximate surface area is 120 Å². The summed E-state index contributed by atoms with van der Waals surface area (Å²) >= 11 is 0. The van der Waals surface area contributed by atoms with Crippen LogP contribution in [0.25, 0.3) is 0 Å². The van der Waals surface area contributed by atoms with Crippen molar-refractivity contribution < 1.29 is 18.9 Å². The van der Waals surface area contributed by atoms with Crippen LogP contribution in [0.3, 0.4) is 0 Å². The molecule has 3 N–H and O–H groups in total. The summed E-state index contributed by atoms with van der Waals surface area (Å²) in [5.74, 6) is -0.765. The predicted molar refractivity (Wildman–Crippen MR) is 78.7 cm³/mol. The number of urea groups is 1. The maximum atomic E-state index is 11.8. The van der Waals surface area contributed by atoms with Gasteiger partial charge in [-0.2, -0.15) is 0 Å². The second-order valence-electron chi connectivity index (χ2n) is 4.54. The maximum Gasteiger partial charge on any atom is 0.337 e. The lowest BCUT2D eigenvalue weighted by molar-refractivity contribution is 0.0698. The van der Waals surface area contributed by atoms with Crippen LogP contribution in [0.2, 0.25) is 0 Å². The molecule has 0 saturated heterocycles. The predicted octanol–water partition coefficient (Wildman–Crippen LogP) is 1.58. The Morgan fingerprint density at radius 3 is 2.60 bits per heavy atom. The first kappa shape index (κ1) is 16.2. The van der Waals surface area contributed by atoms with Gasteiger partial charge in [-0.05, 0) is 25.5 Å². The number of aryl methyl sites for hydroxylation is 1. The Balaban J connectivity index is 2.80. The van der Waals surface area contributed by atoms with Gasteiger partial charge >= 0.3 is 12.0 Å². The summed E-state index contributed by atoms with van der Waals surface area (Å²) in [6.07, 6.45) is 1.56. The van der Waals surface area contributed by atoms with Gasteiger partial charge in [0.15, 0.2) is 0 Å². The van der Waals surface area contributed by atoms with Gasteiger partial charge in [0.1, 0.15) is 0 Å². The minimum Gasteiger partial charge on any atom is -0.478 e. The number of hydrogen-bond donors (Lipinski definition) is 3. The van der Waals surface area contributed by atoms with Gasteiger partial charge in [-0.3, -0.25) is 4.21 Å². The molecule has 2 unspecified atom stereocenters. The molecule has 0 aliphatic heterocycles. The second kappa shape index (κ2) is 7.04. The average molecular weight is 298 g/mol. The van der Waals surface area contributed by atoms with E-state index in [1.54, 1.807) is 32.2 Å². The molecule has 1 aromatic carbocycles. The van der Waals surface area contributed by atoms with Crippen LogP contribution in [0.1, 0.15) is 22.8 Å². The number of amides is 2. The maximum absolute atomic E-state index is 11.8. The zero-order valence-corrected chi connectivity index (χ0v) is 12.4. The summed E-state index contributed by atoms with van der Waals surface area (Å²) in [6.45, 7) is 3.45. The molecule has 2 amide bonds. The number of nitrogens with one attached hydrogen (secondary N) is 2. The zero-order valence-electron chi connectivity index (χ0n) is 11.6. The molecule has 0 fully saturated rings. The van der Waals surface area contributed by atoms with E-state index >= 15 is 0 Å². The van der Waals surface area contributed by atoms with Gasteiger partial charge in [0.05, 0.1) is 11.3 Å². The van der Waals surface area contributed by atoms with Crippen molar-refractivity contribution in [1.82, 2.24) is 5.32 Å². The highest BCUT2D eigenvalue weighted by atomic mass is 32.2. The number of carbonyl (C=O) groups is 2. The smallest absolute Gasteiger partial charge is 0.337 e. The molecule has 0 aliphatic rings. The van der Waals surface area contributed by atoms with Gasteiger partial charge in [0.2, 0.25) is 0 Å². The van der Waals surface area contributed by atoms with Crippen LogP contribution < -0.4 is 10.6 Å². The molecule has 0 radical (unpaired) electrons. The summed E-state index contributed by atoms with van der Waals surface area (Å²) in [5.41, 5.74) is 0.959. The lowest BCUT2D eigenvalue weighted by atomic mass is 10.1. The number of benzene rings is 1. The van der Waals surface area contributed by atoms with Crippen molar-refractivity contribution in [2.24, 2.45) is 0 Å². The van der Waals surface area contributed by atoms with Gasteiger partial charge in [-0.15, -0.1) is 0 Å². The van der Waals surface area contributed by atoms with Crippen LogP contribution in [0.5, 0.6) is 0 Å². The van der Waals surface area contributed by atoms with Crippen molar-refractivity contribution in [2.75, 3.05) is 17.3 Å². The van der Waals surface area contributed by atoms with E-state index in [0.29, 0.717) is 11.3 Å². The summed E-state index contributed by atoms with van der Waals surface area (Å²) in [7, 11) is -1.01. The van der Waals surface area contributed by atoms with E-state index in [4.69, 9.17) is 5.11 Å². The Morgan fingerprint density at radius 1 is 1.40 bits per heavy atom. The first-order valence-electron chi connectivity index (χ1n) is 6.01. The molecular formula is C13H18N2O4S. The fraction of sp³-hybridized carbons (Fsp3) is 0.385. The van der Waals surface area contributed by atoms with Gasteiger partial charge in [0, 0.05) is 28.9 Å². The second-order valence-corrected chi connectivity index (χ2v) is 6.02. The molecule has 7 heteroatoms. The highest BCUT2D eigenvalue weighted by molar-refractivity contribution is 7.84. The molecule has 2 atom stereocenters. The van der Waals surface area contributed by atoms with E-state index in [1.807, 2.05) is 0 Å². The third-order valence-electron chi connectivity index (χ3n) is 2.60. The summed E-state index contributed by atoms with van der Waals surface area (Å²) in [5, 5.41) is 14.2. The van der Waals surface area contributed by atoms with Crippen molar-refractivity contribution in [3.8, 4) is 0 Å². The van der Waals surface area contributed by atoms with Crippen molar-refractivity contribution in [1.29, 1.82) is 0 Å². The molecule has 0 heterocycles. The van der Waals surface area contributed by atoms with Crippen LogP contribution in [0, 0.1) is 6.92 Å². The summed E-state index contributed by atoms with van der Waals surface area (Å²) < 4.78 is 11.1. The Hall–Kier alpha value is -1.89. The molecular weight excluding hydrogens is 280 g/mol. The summed E-state index contributed by atoms with van der Waals surface area (Å²) in [4.78, 5) is 22.9. The lowest BCUT2D eigenvalue weighted by Crippen LogP contribution is -2.39. The molecule has 0 aliphatic carbocycles. The topological polar surface area (TPSA) is 95.5 Å². The fourth-order valence-corrected chi connectivity index (χ4v) is 2.57. The number of anilines is 1. The standard InChI is InChI=1S/C13H18N2O4S/c1-8-5-4-6-10(12(16)17)11(8)15-13(18)14-9(2)7-20(3)19/h4-6,9H,7H2,1-3H3,(H,16,17)(H2,14,15,18). The normalized spacial score (nSPS) is 13.3. The number of para-hydroxylation sites is 1. The zero-order chi connectivity index (χ0) is 15.3. The van der Waals surface area contributed by atoms with Gasteiger partial charge in [-0.1, -0.05) is 12.1 Å². The number of rotatable bonds is 5. The minimum absolute atomic E-state index is 0.0341. The molecule has 1 rings (SSSR count). The summed E-state index contributed by atoms with van der Waals surface area (Å²) in [6, 6.07) is 3.98. The van der Waals surface area contributed by atoms with E-state index < -0.39 is 22.8 Å². The number of carbonyl (C=O) groups excluding carboxylic acids is 1. The first-order chi connectivity index (χ1) is 9.31. The van der Waals surface area contributed by atoms with E-state index in [1.165, 1.54) is 6.07 Å². The molecule has 0 spiro atoms. The number of hydrogen-bond acceptors (Lipinski definition) is 3. The van der Waals surface area contributed by atoms with E-state index in [-0.39, 0.29) is 17.3 Å². The number of carboxylic acid groups (broad SMARTS) is 1. The highest BCUT2D eigenvalue weighted by Crippen LogP contribution is 2.20. The van der Waals surface area contributed by atoms with Crippen LogP contribution >= 0.6 is 0 Å². The van der Waals surface area contributed by atoms with Gasteiger partial charge in [-0.25, -0.2) is 9.59 Å². The first-order valence-corrected chi connectivity index (χ1v) is 7.74. The molecule has 0 saturated carbocycles. The third kappa shape index (κ3) is 4.65. The van der Waals surface area contributed by atoms with Crippen LogP contribution in [0.4, 0.5) is 10.5 Å². The number of carboxylic acids is 1. The average Bonchev–Trinajstić information content (AvgIpc) is 2.29. The number of aromatic carboxylic acids is 1. The van der Waals surface area contributed by atoms with Crippen LogP contribution in [-0.4, -0.2) is 39.4 Å². The van der Waals surface area contributed by atoms with Crippen molar-refractivity contribution >= 4 is 28.5 Å². The lowest BCUT2D eigenvalue weighted by Gasteiger charge is -2.15. The van der Waals surface area contributed by atoms with E-state index in [2.05, 4.69) is 10.6 Å². The van der Waals surface area contributed by atoms with Crippen molar-refractivity contribution in [3.05, 3.63) is 29.3 Å². The Morgan fingerprint density at radius 2 is 2.05 bits per heavy atom. The van der Waals surface area contributed by atoms with E-state index in [0.717, 1.165) is 0 Å². The quantitative estimate of drug-likeness (QED) is 0.769.